The summed E-state index contributed by atoms with van der Waals surface area (Å²) in [5, 5.41) is 2.84. The highest BCUT2D eigenvalue weighted by molar-refractivity contribution is 7.92. The van der Waals surface area contributed by atoms with Crippen LogP contribution in [0.5, 0.6) is 0 Å². The lowest BCUT2D eigenvalue weighted by Gasteiger charge is -2.26. The van der Waals surface area contributed by atoms with Gasteiger partial charge in [0.25, 0.3) is 10.0 Å². The molecule has 1 amide bonds. The molecule has 0 aliphatic heterocycles. The van der Waals surface area contributed by atoms with Crippen molar-refractivity contribution in [1.82, 2.24) is 5.32 Å². The second-order valence-corrected chi connectivity index (χ2v) is 9.67. The molecule has 31 heavy (non-hydrogen) atoms. The van der Waals surface area contributed by atoms with Gasteiger partial charge in [0, 0.05) is 6.54 Å². The van der Waals surface area contributed by atoms with E-state index in [9.17, 15) is 13.2 Å². The number of benzene rings is 3. The molecular weight excluding hydrogens is 408 g/mol. The quantitative estimate of drug-likeness (QED) is 0.596. The van der Waals surface area contributed by atoms with Crippen molar-refractivity contribution in [2.75, 3.05) is 10.8 Å². The standard InChI is InChI=1S/C25H28N2O3S/c1-18-8-12-22(13-9-18)16-26-25(28)17-27(24-7-5-6-20(3)21(24)4)31(29,30)23-14-10-19(2)11-15-23/h5-15H,16-17H2,1-4H3,(H,26,28). The largest absolute Gasteiger partial charge is 0.350 e. The van der Waals surface area contributed by atoms with Crippen molar-refractivity contribution in [3.8, 4) is 0 Å². The molecule has 0 saturated carbocycles. The van der Waals surface area contributed by atoms with E-state index in [1.165, 1.54) is 4.31 Å². The van der Waals surface area contributed by atoms with Crippen molar-refractivity contribution in [1.29, 1.82) is 0 Å². The summed E-state index contributed by atoms with van der Waals surface area (Å²) in [5.41, 5.74) is 5.35. The number of aryl methyl sites for hydroxylation is 3. The molecular formula is C25H28N2O3S. The maximum Gasteiger partial charge on any atom is 0.264 e. The number of rotatable bonds is 7. The molecule has 3 aromatic rings. The van der Waals surface area contributed by atoms with E-state index in [1.54, 1.807) is 36.4 Å². The van der Waals surface area contributed by atoms with Crippen LogP contribution in [0.2, 0.25) is 0 Å². The fourth-order valence-electron chi connectivity index (χ4n) is 3.24. The van der Waals surface area contributed by atoms with E-state index in [2.05, 4.69) is 5.32 Å². The van der Waals surface area contributed by atoms with E-state index in [1.807, 2.05) is 58.0 Å². The lowest BCUT2D eigenvalue weighted by atomic mass is 10.1. The highest BCUT2D eigenvalue weighted by Gasteiger charge is 2.28. The van der Waals surface area contributed by atoms with Crippen molar-refractivity contribution in [3.63, 3.8) is 0 Å². The van der Waals surface area contributed by atoms with Crippen LogP contribution in [-0.2, 0) is 21.4 Å². The van der Waals surface area contributed by atoms with Crippen molar-refractivity contribution in [2.45, 2.75) is 39.1 Å². The molecule has 0 aliphatic carbocycles. The summed E-state index contributed by atoms with van der Waals surface area (Å²) in [7, 11) is -3.92. The number of amides is 1. The lowest BCUT2D eigenvalue weighted by molar-refractivity contribution is -0.119. The van der Waals surface area contributed by atoms with Crippen LogP contribution in [0.25, 0.3) is 0 Å². The summed E-state index contributed by atoms with van der Waals surface area (Å²) >= 11 is 0. The summed E-state index contributed by atoms with van der Waals surface area (Å²) in [4.78, 5) is 12.9. The van der Waals surface area contributed by atoms with Crippen molar-refractivity contribution >= 4 is 21.6 Å². The Hall–Kier alpha value is -3.12. The topological polar surface area (TPSA) is 66.5 Å². The zero-order valence-corrected chi connectivity index (χ0v) is 19.2. The van der Waals surface area contributed by atoms with E-state index in [0.29, 0.717) is 12.2 Å². The zero-order chi connectivity index (χ0) is 22.6. The van der Waals surface area contributed by atoms with Crippen molar-refractivity contribution in [2.24, 2.45) is 0 Å². The Morgan fingerprint density at radius 1 is 0.839 bits per heavy atom. The zero-order valence-electron chi connectivity index (χ0n) is 18.3. The highest BCUT2D eigenvalue weighted by Crippen LogP contribution is 2.28. The Bertz CT molecular complexity index is 1170. The van der Waals surface area contributed by atoms with Gasteiger partial charge in [-0.25, -0.2) is 8.42 Å². The van der Waals surface area contributed by atoms with E-state index in [-0.39, 0.29) is 17.3 Å². The SMILES string of the molecule is Cc1ccc(CNC(=O)CN(c2cccc(C)c2C)S(=O)(=O)c2ccc(C)cc2)cc1. The third-order valence-electron chi connectivity index (χ3n) is 5.35. The van der Waals surface area contributed by atoms with Crippen LogP contribution in [0.1, 0.15) is 27.8 Å². The van der Waals surface area contributed by atoms with Crippen LogP contribution in [0.15, 0.2) is 71.6 Å². The van der Waals surface area contributed by atoms with Crippen molar-refractivity contribution in [3.05, 3.63) is 94.5 Å². The molecule has 1 N–H and O–H groups in total. The van der Waals surface area contributed by atoms with E-state index < -0.39 is 10.0 Å². The minimum absolute atomic E-state index is 0.158. The Balaban J connectivity index is 1.90. The third kappa shape index (κ3) is 5.33. The molecule has 0 fully saturated rings. The van der Waals surface area contributed by atoms with Gasteiger partial charge in [0.15, 0.2) is 0 Å². The van der Waals surface area contributed by atoms with Crippen LogP contribution in [-0.4, -0.2) is 20.9 Å². The van der Waals surface area contributed by atoms with Gasteiger partial charge in [-0.15, -0.1) is 0 Å². The molecule has 6 heteroatoms. The van der Waals surface area contributed by atoms with E-state index in [0.717, 1.165) is 27.8 Å². The van der Waals surface area contributed by atoms with Crippen LogP contribution < -0.4 is 9.62 Å². The van der Waals surface area contributed by atoms with Crippen LogP contribution in [0.3, 0.4) is 0 Å². The number of carbonyl (C=O) groups excluding carboxylic acids is 1. The predicted molar refractivity (Wildman–Crippen MR) is 125 cm³/mol. The maximum atomic E-state index is 13.5. The van der Waals surface area contributed by atoms with Gasteiger partial charge >= 0.3 is 0 Å². The minimum Gasteiger partial charge on any atom is -0.350 e. The summed E-state index contributed by atoms with van der Waals surface area (Å²) in [6, 6.07) is 20.0. The molecule has 0 bridgehead atoms. The summed E-state index contributed by atoms with van der Waals surface area (Å²) in [6.07, 6.45) is 0. The van der Waals surface area contributed by atoms with E-state index in [4.69, 9.17) is 0 Å². The average molecular weight is 437 g/mol. The third-order valence-corrected chi connectivity index (χ3v) is 7.13. The first-order chi connectivity index (χ1) is 14.7. The number of sulfonamides is 1. The van der Waals surface area contributed by atoms with Crippen molar-refractivity contribution < 1.29 is 13.2 Å². The molecule has 3 rings (SSSR count). The van der Waals surface area contributed by atoms with Gasteiger partial charge < -0.3 is 5.32 Å². The molecule has 0 aliphatic rings. The molecule has 0 unspecified atom stereocenters. The molecule has 0 heterocycles. The molecule has 162 valence electrons. The molecule has 0 aromatic heterocycles. The second-order valence-electron chi connectivity index (χ2n) is 7.81. The summed E-state index contributed by atoms with van der Waals surface area (Å²) < 4.78 is 28.2. The van der Waals surface area contributed by atoms with Crippen LogP contribution in [0, 0.1) is 27.7 Å². The smallest absolute Gasteiger partial charge is 0.264 e. The van der Waals surface area contributed by atoms with Crippen LogP contribution in [0.4, 0.5) is 5.69 Å². The molecule has 0 saturated heterocycles. The molecule has 0 spiro atoms. The van der Waals surface area contributed by atoms with Gasteiger partial charge in [-0.2, -0.15) is 0 Å². The Labute approximate surface area is 184 Å². The average Bonchev–Trinajstić information content (AvgIpc) is 2.74. The monoisotopic (exact) mass is 436 g/mol. The summed E-state index contributed by atoms with van der Waals surface area (Å²) in [5.74, 6) is -0.364. The van der Waals surface area contributed by atoms with Gasteiger partial charge in [0.1, 0.15) is 6.54 Å². The van der Waals surface area contributed by atoms with Gasteiger partial charge in [-0.1, -0.05) is 59.7 Å². The number of carbonyl (C=O) groups is 1. The minimum atomic E-state index is -3.92. The van der Waals surface area contributed by atoms with Crippen LogP contribution >= 0.6 is 0 Å². The molecule has 3 aromatic carbocycles. The number of nitrogens with one attached hydrogen (secondary N) is 1. The lowest BCUT2D eigenvalue weighted by Crippen LogP contribution is -2.41. The molecule has 0 radical (unpaired) electrons. The number of nitrogens with zero attached hydrogens (tertiary/aromatic N) is 1. The molecule has 5 nitrogen and oxygen atoms in total. The number of hydrogen-bond donors (Lipinski definition) is 1. The molecule has 0 atom stereocenters. The number of anilines is 1. The fraction of sp³-hybridized carbons (Fsp3) is 0.240. The van der Waals surface area contributed by atoms with Gasteiger partial charge in [-0.3, -0.25) is 9.10 Å². The highest BCUT2D eigenvalue weighted by atomic mass is 32.2. The predicted octanol–water partition coefficient (Wildman–Crippen LogP) is 4.43. The Morgan fingerprint density at radius 2 is 1.42 bits per heavy atom. The first kappa shape index (κ1) is 22.6. The Kier molecular flexibility index (Phi) is 6.81. The fourth-order valence-corrected chi connectivity index (χ4v) is 4.71. The van der Waals surface area contributed by atoms with Gasteiger partial charge in [0.2, 0.25) is 5.91 Å². The normalized spacial score (nSPS) is 11.2. The van der Waals surface area contributed by atoms with E-state index >= 15 is 0 Å². The van der Waals surface area contributed by atoms with Gasteiger partial charge in [0.05, 0.1) is 10.6 Å². The first-order valence-electron chi connectivity index (χ1n) is 10.2. The summed E-state index contributed by atoms with van der Waals surface area (Å²) in [6.45, 7) is 7.73. The van der Waals surface area contributed by atoms with Gasteiger partial charge in [-0.05, 0) is 62.6 Å². The Morgan fingerprint density at radius 3 is 2.03 bits per heavy atom. The second kappa shape index (κ2) is 9.35. The first-order valence-corrected chi connectivity index (χ1v) is 11.6. The number of hydrogen-bond acceptors (Lipinski definition) is 3. The maximum absolute atomic E-state index is 13.5.